The molecule has 1 fully saturated rings. The summed E-state index contributed by atoms with van der Waals surface area (Å²) in [6.45, 7) is 0.743. The first-order valence-corrected chi connectivity index (χ1v) is 6.23. The van der Waals surface area contributed by atoms with Gasteiger partial charge in [0.2, 0.25) is 0 Å². The van der Waals surface area contributed by atoms with E-state index in [-0.39, 0.29) is 13.0 Å². The van der Waals surface area contributed by atoms with Crippen LogP contribution in [0.15, 0.2) is 20.9 Å². The fraction of sp³-hybridized carbons (Fsp3) is 0.636. The molecule has 21 heavy (non-hydrogen) atoms. The van der Waals surface area contributed by atoms with Crippen molar-refractivity contribution in [2.24, 2.45) is 5.11 Å². The molecule has 0 bridgehead atoms. The van der Waals surface area contributed by atoms with Crippen molar-refractivity contribution in [2.75, 3.05) is 13.2 Å². The molecule has 3 atom stereocenters. The van der Waals surface area contributed by atoms with Gasteiger partial charge in [0.1, 0.15) is 17.9 Å². The largest absolute Gasteiger partial charge is 0.394 e. The zero-order valence-corrected chi connectivity index (χ0v) is 11.3. The van der Waals surface area contributed by atoms with Gasteiger partial charge in [0.25, 0.3) is 5.56 Å². The first-order valence-electron chi connectivity index (χ1n) is 6.23. The molecular formula is C11H15N5O5. The summed E-state index contributed by atoms with van der Waals surface area (Å²) in [4.78, 5) is 27.8. The number of hydrogen-bond acceptors (Lipinski definition) is 6. The molecule has 1 aromatic heterocycles. The molecule has 0 aromatic carbocycles. The van der Waals surface area contributed by atoms with E-state index in [2.05, 4.69) is 15.0 Å². The number of azide groups is 1. The third-order valence-electron chi connectivity index (χ3n) is 3.48. The average Bonchev–Trinajstić information content (AvgIpc) is 2.78. The van der Waals surface area contributed by atoms with Gasteiger partial charge in [0.05, 0.1) is 13.2 Å². The van der Waals surface area contributed by atoms with Gasteiger partial charge in [-0.2, -0.15) is 0 Å². The van der Waals surface area contributed by atoms with E-state index in [1.54, 1.807) is 0 Å². The van der Waals surface area contributed by atoms with E-state index in [9.17, 15) is 19.8 Å². The summed E-state index contributed by atoms with van der Waals surface area (Å²) in [5.41, 5.74) is 5.90. The molecule has 0 amide bonds. The number of aryl methyl sites for hydroxylation is 1. The SMILES string of the molecule is Cc1cn([C@H]2C[C@@](O)(CN=[N+]=[N-])[C@@H](CO)O2)c(=O)[nH]c1=O. The molecule has 114 valence electrons. The van der Waals surface area contributed by atoms with Gasteiger partial charge in [-0.15, -0.1) is 0 Å². The number of H-pyrrole nitrogens is 1. The summed E-state index contributed by atoms with van der Waals surface area (Å²) in [5, 5.41) is 23.0. The van der Waals surface area contributed by atoms with Crippen molar-refractivity contribution < 1.29 is 14.9 Å². The lowest BCUT2D eigenvalue weighted by molar-refractivity contribution is -0.0786. The Kier molecular flexibility index (Phi) is 4.14. The van der Waals surface area contributed by atoms with Gasteiger partial charge in [-0.25, -0.2) is 4.79 Å². The number of aromatic amines is 1. The number of hydrogen-bond donors (Lipinski definition) is 3. The zero-order chi connectivity index (χ0) is 15.6. The highest BCUT2D eigenvalue weighted by atomic mass is 16.5. The highest BCUT2D eigenvalue weighted by molar-refractivity contribution is 5.04. The lowest BCUT2D eigenvalue weighted by Crippen LogP contribution is -2.43. The minimum atomic E-state index is -1.57. The Bertz CT molecular complexity index is 691. The van der Waals surface area contributed by atoms with E-state index >= 15 is 0 Å². The predicted molar refractivity (Wildman–Crippen MR) is 70.6 cm³/mol. The minimum Gasteiger partial charge on any atom is -0.394 e. The van der Waals surface area contributed by atoms with Crippen molar-refractivity contribution in [1.82, 2.24) is 9.55 Å². The van der Waals surface area contributed by atoms with Gasteiger partial charge in [-0.1, -0.05) is 5.11 Å². The van der Waals surface area contributed by atoms with Crippen LogP contribution in [0.1, 0.15) is 18.2 Å². The van der Waals surface area contributed by atoms with E-state index < -0.39 is 35.8 Å². The molecule has 0 aliphatic carbocycles. The maximum absolute atomic E-state index is 11.8. The molecule has 0 radical (unpaired) electrons. The summed E-state index contributed by atoms with van der Waals surface area (Å²) in [5.74, 6) is 0. The quantitative estimate of drug-likeness (QED) is 0.376. The monoisotopic (exact) mass is 297 g/mol. The molecule has 10 heteroatoms. The standard InChI is InChI=1S/C11H15N5O5/c1-6-3-16(10(19)14-9(6)18)8-2-11(20,5-13-15-12)7(4-17)21-8/h3,7-8,17,20H,2,4-5H2,1H3,(H,14,18,19)/t7-,8-,11-/m1/s1. The molecule has 1 aliphatic heterocycles. The second kappa shape index (κ2) is 5.70. The number of nitrogens with one attached hydrogen (secondary N) is 1. The Balaban J connectivity index is 2.36. The van der Waals surface area contributed by atoms with E-state index in [0.717, 1.165) is 4.57 Å². The highest BCUT2D eigenvalue weighted by Crippen LogP contribution is 2.36. The summed E-state index contributed by atoms with van der Waals surface area (Å²) < 4.78 is 6.58. The summed E-state index contributed by atoms with van der Waals surface area (Å²) in [6.07, 6.45) is -0.599. The third kappa shape index (κ3) is 2.83. The molecule has 2 rings (SSSR count). The summed E-state index contributed by atoms with van der Waals surface area (Å²) >= 11 is 0. The summed E-state index contributed by atoms with van der Waals surface area (Å²) in [7, 11) is 0. The van der Waals surface area contributed by atoms with E-state index in [1.807, 2.05) is 0 Å². The number of nitrogens with zero attached hydrogens (tertiary/aromatic N) is 4. The molecule has 0 unspecified atom stereocenters. The van der Waals surface area contributed by atoms with Crippen molar-refractivity contribution in [1.29, 1.82) is 0 Å². The van der Waals surface area contributed by atoms with Crippen LogP contribution in [0.5, 0.6) is 0 Å². The fourth-order valence-electron chi connectivity index (χ4n) is 2.30. The van der Waals surface area contributed by atoms with Gasteiger partial charge >= 0.3 is 5.69 Å². The molecule has 10 nitrogen and oxygen atoms in total. The topological polar surface area (TPSA) is 153 Å². The molecule has 0 saturated carbocycles. The Labute approximate surface area is 118 Å². The number of ether oxygens (including phenoxy) is 1. The molecular weight excluding hydrogens is 282 g/mol. The first kappa shape index (κ1) is 15.3. The normalized spacial score (nSPS) is 28.3. The van der Waals surface area contributed by atoms with Crippen LogP contribution >= 0.6 is 0 Å². The predicted octanol–water partition coefficient (Wildman–Crippen LogP) is -0.834. The smallest absolute Gasteiger partial charge is 0.330 e. The Morgan fingerprint density at radius 3 is 3.00 bits per heavy atom. The van der Waals surface area contributed by atoms with Gasteiger partial charge in [0, 0.05) is 23.1 Å². The van der Waals surface area contributed by atoms with Crippen LogP contribution in [0.4, 0.5) is 0 Å². The number of aliphatic hydroxyl groups excluding tert-OH is 1. The maximum atomic E-state index is 11.8. The van der Waals surface area contributed by atoms with Gasteiger partial charge in [-0.3, -0.25) is 14.3 Å². The fourth-order valence-corrected chi connectivity index (χ4v) is 2.30. The number of aromatic nitrogens is 2. The van der Waals surface area contributed by atoms with E-state index in [1.165, 1.54) is 13.1 Å². The molecule has 3 N–H and O–H groups in total. The minimum absolute atomic E-state index is 0.0529. The van der Waals surface area contributed by atoms with Gasteiger partial charge in [-0.05, 0) is 12.5 Å². The summed E-state index contributed by atoms with van der Waals surface area (Å²) in [6, 6.07) is 0. The highest BCUT2D eigenvalue weighted by Gasteiger charge is 2.47. The van der Waals surface area contributed by atoms with Crippen molar-refractivity contribution >= 4 is 0 Å². The van der Waals surface area contributed by atoms with E-state index in [0.29, 0.717) is 5.56 Å². The number of aliphatic hydroxyl groups is 2. The van der Waals surface area contributed by atoms with E-state index in [4.69, 9.17) is 10.3 Å². The molecule has 1 aromatic rings. The zero-order valence-electron chi connectivity index (χ0n) is 11.3. The number of rotatable bonds is 4. The van der Waals surface area contributed by atoms with Crippen LogP contribution in [-0.2, 0) is 4.74 Å². The second-order valence-corrected chi connectivity index (χ2v) is 4.94. The first-order chi connectivity index (χ1) is 9.91. The van der Waals surface area contributed by atoms with Crippen molar-refractivity contribution in [3.05, 3.63) is 43.0 Å². The Morgan fingerprint density at radius 2 is 2.38 bits per heavy atom. The molecule has 1 aliphatic rings. The lowest BCUT2D eigenvalue weighted by atomic mass is 9.95. The van der Waals surface area contributed by atoms with Crippen LogP contribution < -0.4 is 11.2 Å². The van der Waals surface area contributed by atoms with Gasteiger partial charge in [0.15, 0.2) is 0 Å². The maximum Gasteiger partial charge on any atom is 0.330 e. The van der Waals surface area contributed by atoms with Crippen LogP contribution in [-0.4, -0.2) is 44.6 Å². The van der Waals surface area contributed by atoms with Crippen LogP contribution in [0.25, 0.3) is 10.4 Å². The Hall–Kier alpha value is -2.13. The van der Waals surface area contributed by atoms with Crippen molar-refractivity contribution in [3.8, 4) is 0 Å². The van der Waals surface area contributed by atoms with Crippen LogP contribution in [0, 0.1) is 6.92 Å². The second-order valence-electron chi connectivity index (χ2n) is 4.94. The molecule has 2 heterocycles. The average molecular weight is 297 g/mol. The third-order valence-corrected chi connectivity index (χ3v) is 3.48. The Morgan fingerprint density at radius 1 is 1.67 bits per heavy atom. The molecule has 0 spiro atoms. The van der Waals surface area contributed by atoms with Gasteiger partial charge < -0.3 is 14.9 Å². The van der Waals surface area contributed by atoms with Crippen LogP contribution in [0.3, 0.4) is 0 Å². The lowest BCUT2D eigenvalue weighted by Gasteiger charge is -2.24. The van der Waals surface area contributed by atoms with Crippen molar-refractivity contribution in [2.45, 2.75) is 31.3 Å². The van der Waals surface area contributed by atoms with Crippen molar-refractivity contribution in [3.63, 3.8) is 0 Å². The van der Waals surface area contributed by atoms with Crippen LogP contribution in [0.2, 0.25) is 0 Å². The molecule has 1 saturated heterocycles.